The highest BCUT2D eigenvalue weighted by Gasteiger charge is 2.38. The number of hydrogen-bond donors (Lipinski definition) is 8. The second-order valence-corrected chi connectivity index (χ2v) is 8.17. The summed E-state index contributed by atoms with van der Waals surface area (Å²) in [5.41, 5.74) is 16.8. The van der Waals surface area contributed by atoms with Crippen LogP contribution in [0.2, 0.25) is 0 Å². The molecule has 2 rings (SSSR count). The van der Waals surface area contributed by atoms with Gasteiger partial charge in [0.1, 0.15) is 18.1 Å². The SMILES string of the molecule is NC(N)=NCCCC(N)C(=O)NC(CO)C(=O)NC(Cc1cnc[nH]1)C(=O)N1CCCC1C(=O)O. The average molecular weight is 496 g/mol. The zero-order valence-corrected chi connectivity index (χ0v) is 19.2. The van der Waals surface area contributed by atoms with E-state index in [1.165, 1.54) is 17.4 Å². The first-order chi connectivity index (χ1) is 16.6. The third-order valence-corrected chi connectivity index (χ3v) is 5.53. The van der Waals surface area contributed by atoms with Crippen LogP contribution in [0.15, 0.2) is 17.5 Å². The van der Waals surface area contributed by atoms with E-state index in [-0.39, 0.29) is 31.9 Å². The summed E-state index contributed by atoms with van der Waals surface area (Å²) in [6.45, 7) is -0.233. The molecule has 1 fully saturated rings. The standard InChI is InChI=1S/C20H33N9O6/c21-12(3-1-5-25-20(22)23)16(31)28-14(9-30)17(32)27-13(7-11-8-24-10-26-11)18(33)29-6-2-4-15(29)19(34)35/h8,10,12-15,30H,1-7,9,21H2,(H,24,26)(H,27,32)(H,28,31)(H,34,35)(H4,22,23,25). The smallest absolute Gasteiger partial charge is 0.326 e. The Morgan fingerprint density at radius 2 is 1.94 bits per heavy atom. The fraction of sp³-hybridized carbons (Fsp3) is 0.600. The summed E-state index contributed by atoms with van der Waals surface area (Å²) in [6.07, 6.45) is 4.35. The van der Waals surface area contributed by atoms with Crippen molar-refractivity contribution in [2.24, 2.45) is 22.2 Å². The van der Waals surface area contributed by atoms with Gasteiger partial charge in [-0.2, -0.15) is 0 Å². The first-order valence-electron chi connectivity index (χ1n) is 11.2. The molecule has 0 aromatic carbocycles. The van der Waals surface area contributed by atoms with Crippen LogP contribution in [-0.2, 0) is 25.6 Å². The van der Waals surface area contributed by atoms with Gasteiger partial charge >= 0.3 is 5.97 Å². The fourth-order valence-corrected chi connectivity index (χ4v) is 3.70. The molecule has 35 heavy (non-hydrogen) atoms. The summed E-state index contributed by atoms with van der Waals surface area (Å²) in [5, 5.41) is 24.0. The lowest BCUT2D eigenvalue weighted by molar-refractivity contribution is -0.149. The number of amides is 3. The van der Waals surface area contributed by atoms with Crippen molar-refractivity contribution >= 4 is 29.7 Å². The lowest BCUT2D eigenvalue weighted by Gasteiger charge is -2.28. The number of aliphatic imine (C=N–C) groups is 1. The molecule has 4 unspecified atom stereocenters. The molecule has 1 saturated heterocycles. The maximum Gasteiger partial charge on any atom is 0.326 e. The number of carbonyl (C=O) groups excluding carboxylic acids is 3. The third-order valence-electron chi connectivity index (χ3n) is 5.53. The van der Waals surface area contributed by atoms with E-state index in [0.29, 0.717) is 25.0 Å². The third kappa shape index (κ3) is 8.22. The van der Waals surface area contributed by atoms with E-state index < -0.39 is 54.5 Å². The number of carboxylic acid groups (broad SMARTS) is 1. The molecule has 4 atom stereocenters. The highest BCUT2D eigenvalue weighted by Crippen LogP contribution is 2.19. The number of aliphatic carboxylic acids is 1. The quantitative estimate of drug-likeness (QED) is 0.0756. The number of likely N-dealkylation sites (tertiary alicyclic amines) is 1. The number of carboxylic acids is 1. The molecule has 0 aliphatic carbocycles. The van der Waals surface area contributed by atoms with Crippen molar-refractivity contribution in [1.82, 2.24) is 25.5 Å². The maximum absolute atomic E-state index is 13.2. The van der Waals surface area contributed by atoms with Crippen LogP contribution in [0.1, 0.15) is 31.4 Å². The van der Waals surface area contributed by atoms with E-state index >= 15 is 0 Å². The van der Waals surface area contributed by atoms with E-state index in [1.807, 2.05) is 0 Å². The maximum atomic E-state index is 13.2. The molecule has 0 spiro atoms. The first-order valence-corrected chi connectivity index (χ1v) is 11.2. The number of aliphatic hydroxyl groups excluding tert-OH is 1. The van der Waals surface area contributed by atoms with Crippen LogP contribution in [-0.4, -0.2) is 98.6 Å². The van der Waals surface area contributed by atoms with Crippen molar-refractivity contribution in [3.8, 4) is 0 Å². The lowest BCUT2D eigenvalue weighted by Crippen LogP contribution is -2.58. The van der Waals surface area contributed by atoms with E-state index in [2.05, 4.69) is 25.6 Å². The predicted molar refractivity (Wildman–Crippen MR) is 123 cm³/mol. The molecule has 0 radical (unpaired) electrons. The minimum absolute atomic E-state index is 0.00378. The van der Waals surface area contributed by atoms with Gasteiger partial charge < -0.3 is 47.9 Å². The van der Waals surface area contributed by atoms with Gasteiger partial charge in [0.25, 0.3) is 0 Å². The Hall–Kier alpha value is -3.72. The molecule has 11 N–H and O–H groups in total. The molecule has 0 saturated carbocycles. The number of nitrogens with zero attached hydrogens (tertiary/aromatic N) is 3. The van der Waals surface area contributed by atoms with Gasteiger partial charge in [0.15, 0.2) is 5.96 Å². The summed E-state index contributed by atoms with van der Waals surface area (Å²) >= 11 is 0. The monoisotopic (exact) mass is 495 g/mol. The zero-order valence-electron chi connectivity index (χ0n) is 19.2. The van der Waals surface area contributed by atoms with Gasteiger partial charge in [-0.3, -0.25) is 19.4 Å². The molecule has 3 amide bonds. The van der Waals surface area contributed by atoms with E-state index in [4.69, 9.17) is 17.2 Å². The van der Waals surface area contributed by atoms with Crippen LogP contribution in [0.5, 0.6) is 0 Å². The van der Waals surface area contributed by atoms with Crippen molar-refractivity contribution in [3.63, 3.8) is 0 Å². The van der Waals surface area contributed by atoms with Crippen molar-refractivity contribution in [2.75, 3.05) is 19.7 Å². The summed E-state index contributed by atoms with van der Waals surface area (Å²) in [4.78, 5) is 61.7. The second kappa shape index (κ2) is 13.2. The highest BCUT2D eigenvalue weighted by molar-refractivity contribution is 5.94. The Labute approximate surface area is 201 Å². The van der Waals surface area contributed by atoms with Crippen molar-refractivity contribution in [1.29, 1.82) is 0 Å². The van der Waals surface area contributed by atoms with Gasteiger partial charge in [0.05, 0.1) is 19.0 Å². The Morgan fingerprint density at radius 3 is 2.54 bits per heavy atom. The normalized spacial score (nSPS) is 17.8. The van der Waals surface area contributed by atoms with Gasteiger partial charge in [0, 0.05) is 31.4 Å². The number of nitrogens with one attached hydrogen (secondary N) is 3. The van der Waals surface area contributed by atoms with Crippen molar-refractivity contribution in [2.45, 2.75) is 56.3 Å². The minimum Gasteiger partial charge on any atom is -0.480 e. The predicted octanol–water partition coefficient (Wildman–Crippen LogP) is -3.63. The molecular weight excluding hydrogens is 462 g/mol. The number of carbonyl (C=O) groups is 4. The number of hydrogen-bond acceptors (Lipinski definition) is 8. The van der Waals surface area contributed by atoms with Crippen LogP contribution in [0.25, 0.3) is 0 Å². The lowest BCUT2D eigenvalue weighted by atomic mass is 10.1. The van der Waals surface area contributed by atoms with Crippen LogP contribution in [0.4, 0.5) is 0 Å². The number of imidazole rings is 1. The molecule has 1 aromatic heterocycles. The molecule has 1 aliphatic rings. The number of H-pyrrole nitrogens is 1. The Morgan fingerprint density at radius 1 is 1.23 bits per heavy atom. The molecule has 0 bridgehead atoms. The van der Waals surface area contributed by atoms with Gasteiger partial charge in [0.2, 0.25) is 17.7 Å². The van der Waals surface area contributed by atoms with Crippen LogP contribution >= 0.6 is 0 Å². The average Bonchev–Trinajstić information content (AvgIpc) is 3.51. The van der Waals surface area contributed by atoms with Crippen molar-refractivity contribution in [3.05, 3.63) is 18.2 Å². The second-order valence-electron chi connectivity index (χ2n) is 8.17. The number of aromatic amines is 1. The number of guanidine groups is 1. The number of aromatic nitrogens is 2. The van der Waals surface area contributed by atoms with E-state index in [0.717, 1.165) is 0 Å². The van der Waals surface area contributed by atoms with Gasteiger partial charge in [-0.05, 0) is 25.7 Å². The first kappa shape index (κ1) is 27.5. The summed E-state index contributed by atoms with van der Waals surface area (Å²) in [5.74, 6) is -3.29. The van der Waals surface area contributed by atoms with Crippen molar-refractivity contribution < 1.29 is 29.4 Å². The van der Waals surface area contributed by atoms with E-state index in [1.54, 1.807) is 0 Å². The largest absolute Gasteiger partial charge is 0.480 e. The molecule has 15 heteroatoms. The molecule has 2 heterocycles. The Bertz CT molecular complexity index is 903. The molecular formula is C20H33N9O6. The fourth-order valence-electron chi connectivity index (χ4n) is 3.70. The summed E-state index contributed by atoms with van der Waals surface area (Å²) in [6, 6.07) is -4.50. The summed E-state index contributed by atoms with van der Waals surface area (Å²) < 4.78 is 0. The van der Waals surface area contributed by atoms with E-state index in [9.17, 15) is 29.4 Å². The number of aliphatic hydroxyl groups is 1. The molecule has 15 nitrogen and oxygen atoms in total. The topological polar surface area (TPSA) is 255 Å². The molecule has 1 aromatic rings. The van der Waals surface area contributed by atoms with Gasteiger partial charge in [-0.15, -0.1) is 0 Å². The van der Waals surface area contributed by atoms with Gasteiger partial charge in [-0.1, -0.05) is 0 Å². The molecule has 1 aliphatic heterocycles. The highest BCUT2D eigenvalue weighted by atomic mass is 16.4. The van der Waals surface area contributed by atoms with Crippen LogP contribution in [0.3, 0.4) is 0 Å². The minimum atomic E-state index is -1.38. The van der Waals surface area contributed by atoms with Crippen LogP contribution in [0, 0.1) is 0 Å². The summed E-state index contributed by atoms with van der Waals surface area (Å²) in [7, 11) is 0. The Kier molecular flexibility index (Phi) is 10.4. The zero-order chi connectivity index (χ0) is 26.0. The van der Waals surface area contributed by atoms with Crippen LogP contribution < -0.4 is 27.8 Å². The van der Waals surface area contributed by atoms with Gasteiger partial charge in [-0.25, -0.2) is 9.78 Å². The Balaban J connectivity index is 2.04. The number of nitrogens with two attached hydrogens (primary N) is 3. The number of rotatable bonds is 13. The molecule has 194 valence electrons.